The number of hydrogen-bond acceptors (Lipinski definition) is 3. The van der Waals surface area contributed by atoms with Crippen LogP contribution in [0.5, 0.6) is 0 Å². The van der Waals surface area contributed by atoms with Crippen molar-refractivity contribution in [2.75, 3.05) is 6.54 Å². The molecule has 1 aliphatic carbocycles. The van der Waals surface area contributed by atoms with Gasteiger partial charge >= 0.3 is 0 Å². The van der Waals surface area contributed by atoms with Crippen molar-refractivity contribution in [3.05, 3.63) is 35.9 Å². The summed E-state index contributed by atoms with van der Waals surface area (Å²) in [5.74, 6) is 0. The Balaban J connectivity index is 1.82. The van der Waals surface area contributed by atoms with Gasteiger partial charge in [-0.2, -0.15) is 5.26 Å². The van der Waals surface area contributed by atoms with Crippen LogP contribution < -0.4 is 5.32 Å². The fourth-order valence-corrected chi connectivity index (χ4v) is 2.73. The van der Waals surface area contributed by atoms with Gasteiger partial charge in [0.05, 0.1) is 17.6 Å². The van der Waals surface area contributed by atoms with Crippen LogP contribution in [0.3, 0.4) is 0 Å². The molecule has 1 saturated carbocycles. The van der Waals surface area contributed by atoms with Crippen LogP contribution in [0.2, 0.25) is 0 Å². The Bertz CT molecular complexity index is 432. The molecule has 1 aliphatic rings. The molecule has 1 aromatic carbocycles. The maximum Gasteiger partial charge on any atom is 0.0852 e. The highest BCUT2D eigenvalue weighted by molar-refractivity contribution is 5.36. The number of rotatable bonds is 6. The SMILES string of the molecule is CCC(O)CCNC1CC(C#N)(c2ccccc2)C1. The van der Waals surface area contributed by atoms with E-state index < -0.39 is 0 Å². The highest BCUT2D eigenvalue weighted by Gasteiger charge is 2.45. The Kier molecular flexibility index (Phi) is 4.57. The molecule has 19 heavy (non-hydrogen) atoms. The van der Waals surface area contributed by atoms with E-state index in [1.54, 1.807) is 0 Å². The van der Waals surface area contributed by atoms with Crippen LogP contribution in [0.15, 0.2) is 30.3 Å². The van der Waals surface area contributed by atoms with Crippen LogP contribution in [0.25, 0.3) is 0 Å². The van der Waals surface area contributed by atoms with E-state index in [0.29, 0.717) is 6.04 Å². The van der Waals surface area contributed by atoms with Gasteiger partial charge in [-0.15, -0.1) is 0 Å². The molecule has 0 aromatic heterocycles. The molecule has 1 atom stereocenters. The zero-order valence-electron chi connectivity index (χ0n) is 11.5. The number of hydrogen-bond donors (Lipinski definition) is 2. The van der Waals surface area contributed by atoms with E-state index >= 15 is 0 Å². The standard InChI is InChI=1S/C16H22N2O/c1-2-15(19)8-9-18-14-10-16(11-14,12-17)13-6-4-3-5-7-13/h3-7,14-15,18-19H,2,8-11H2,1H3. The summed E-state index contributed by atoms with van der Waals surface area (Å²) in [4.78, 5) is 0. The first-order valence-electron chi connectivity index (χ1n) is 7.08. The number of benzene rings is 1. The van der Waals surface area contributed by atoms with Gasteiger partial charge in [-0.3, -0.25) is 0 Å². The van der Waals surface area contributed by atoms with Crippen molar-refractivity contribution >= 4 is 0 Å². The van der Waals surface area contributed by atoms with E-state index in [4.69, 9.17) is 0 Å². The maximum atomic E-state index is 9.50. The number of nitrogens with zero attached hydrogens (tertiary/aromatic N) is 1. The zero-order chi connectivity index (χ0) is 13.7. The van der Waals surface area contributed by atoms with E-state index in [1.165, 1.54) is 0 Å². The molecular weight excluding hydrogens is 236 g/mol. The molecule has 1 unspecified atom stereocenters. The van der Waals surface area contributed by atoms with Crippen LogP contribution in [-0.4, -0.2) is 23.8 Å². The summed E-state index contributed by atoms with van der Waals surface area (Å²) in [7, 11) is 0. The number of aliphatic hydroxyl groups is 1. The number of nitrogens with one attached hydrogen (secondary N) is 1. The molecule has 1 fully saturated rings. The van der Waals surface area contributed by atoms with Gasteiger partial charge in [0.15, 0.2) is 0 Å². The molecule has 2 N–H and O–H groups in total. The minimum Gasteiger partial charge on any atom is -0.393 e. The highest BCUT2D eigenvalue weighted by Crippen LogP contribution is 2.43. The summed E-state index contributed by atoms with van der Waals surface area (Å²) < 4.78 is 0. The summed E-state index contributed by atoms with van der Waals surface area (Å²) in [5.41, 5.74) is 0.826. The summed E-state index contributed by atoms with van der Waals surface area (Å²) in [5, 5.41) is 22.4. The lowest BCUT2D eigenvalue weighted by molar-refractivity contribution is 0.151. The van der Waals surface area contributed by atoms with Crippen LogP contribution in [0.4, 0.5) is 0 Å². The third kappa shape index (κ3) is 3.15. The van der Waals surface area contributed by atoms with Crippen LogP contribution >= 0.6 is 0 Å². The van der Waals surface area contributed by atoms with Gasteiger partial charge in [0, 0.05) is 6.04 Å². The quantitative estimate of drug-likeness (QED) is 0.823. The van der Waals surface area contributed by atoms with Crippen molar-refractivity contribution < 1.29 is 5.11 Å². The molecule has 0 bridgehead atoms. The Morgan fingerprint density at radius 1 is 1.42 bits per heavy atom. The smallest absolute Gasteiger partial charge is 0.0852 e. The Labute approximate surface area is 115 Å². The van der Waals surface area contributed by atoms with Gasteiger partial charge in [-0.1, -0.05) is 37.3 Å². The average Bonchev–Trinajstić information content (AvgIpc) is 2.42. The third-order valence-corrected chi connectivity index (χ3v) is 4.11. The summed E-state index contributed by atoms with van der Waals surface area (Å²) >= 11 is 0. The molecule has 2 rings (SSSR count). The van der Waals surface area contributed by atoms with E-state index in [-0.39, 0.29) is 11.5 Å². The van der Waals surface area contributed by atoms with Gasteiger partial charge in [-0.05, 0) is 37.8 Å². The first-order valence-corrected chi connectivity index (χ1v) is 7.08. The first-order chi connectivity index (χ1) is 9.20. The highest BCUT2D eigenvalue weighted by atomic mass is 16.3. The molecule has 102 valence electrons. The lowest BCUT2D eigenvalue weighted by atomic mass is 9.62. The topological polar surface area (TPSA) is 56.0 Å². The van der Waals surface area contributed by atoms with Crippen molar-refractivity contribution in [2.45, 2.75) is 50.2 Å². The minimum atomic E-state index is -0.303. The van der Waals surface area contributed by atoms with E-state index in [9.17, 15) is 10.4 Å². The fraction of sp³-hybridized carbons (Fsp3) is 0.562. The Morgan fingerprint density at radius 2 is 2.11 bits per heavy atom. The zero-order valence-corrected chi connectivity index (χ0v) is 11.5. The number of nitriles is 1. The molecule has 0 spiro atoms. The normalized spacial score (nSPS) is 27.3. The van der Waals surface area contributed by atoms with Crippen LogP contribution in [-0.2, 0) is 5.41 Å². The van der Waals surface area contributed by atoms with Gasteiger partial charge in [0.2, 0.25) is 0 Å². The van der Waals surface area contributed by atoms with E-state index in [2.05, 4.69) is 11.4 Å². The molecular formula is C16H22N2O. The van der Waals surface area contributed by atoms with Crippen molar-refractivity contribution in [1.82, 2.24) is 5.32 Å². The molecule has 3 heteroatoms. The van der Waals surface area contributed by atoms with Gasteiger partial charge in [0.1, 0.15) is 0 Å². The van der Waals surface area contributed by atoms with Crippen LogP contribution in [0, 0.1) is 11.3 Å². The van der Waals surface area contributed by atoms with Crippen molar-refractivity contribution in [3.63, 3.8) is 0 Å². The molecule has 0 amide bonds. The van der Waals surface area contributed by atoms with Crippen molar-refractivity contribution in [2.24, 2.45) is 0 Å². The largest absolute Gasteiger partial charge is 0.393 e. The minimum absolute atomic E-state index is 0.206. The molecule has 0 heterocycles. The lowest BCUT2D eigenvalue weighted by Crippen LogP contribution is -2.51. The summed E-state index contributed by atoms with van der Waals surface area (Å²) in [6.45, 7) is 2.82. The maximum absolute atomic E-state index is 9.50. The van der Waals surface area contributed by atoms with E-state index in [1.807, 2.05) is 37.3 Å². The van der Waals surface area contributed by atoms with Crippen molar-refractivity contribution in [1.29, 1.82) is 5.26 Å². The van der Waals surface area contributed by atoms with Gasteiger partial charge < -0.3 is 10.4 Å². The molecule has 1 aromatic rings. The van der Waals surface area contributed by atoms with E-state index in [0.717, 1.165) is 37.8 Å². The number of aliphatic hydroxyl groups excluding tert-OH is 1. The summed E-state index contributed by atoms with van der Waals surface area (Å²) in [6.07, 6.45) is 3.13. The van der Waals surface area contributed by atoms with Crippen LogP contribution in [0.1, 0.15) is 38.2 Å². The fourth-order valence-electron chi connectivity index (χ4n) is 2.73. The van der Waals surface area contributed by atoms with Crippen molar-refractivity contribution in [3.8, 4) is 6.07 Å². The second kappa shape index (κ2) is 6.18. The van der Waals surface area contributed by atoms with Gasteiger partial charge in [-0.25, -0.2) is 0 Å². The molecule has 0 saturated heterocycles. The predicted octanol–water partition coefficient (Wildman–Crippen LogP) is 2.36. The Morgan fingerprint density at radius 3 is 2.68 bits per heavy atom. The van der Waals surface area contributed by atoms with Gasteiger partial charge in [0.25, 0.3) is 0 Å². The second-order valence-electron chi connectivity index (χ2n) is 5.47. The first kappa shape index (κ1) is 14.0. The third-order valence-electron chi connectivity index (χ3n) is 4.11. The predicted molar refractivity (Wildman–Crippen MR) is 75.7 cm³/mol. The second-order valence-corrected chi connectivity index (χ2v) is 5.47. The Hall–Kier alpha value is -1.37. The average molecular weight is 258 g/mol. The lowest BCUT2D eigenvalue weighted by Gasteiger charge is -2.43. The molecule has 0 radical (unpaired) electrons. The molecule has 3 nitrogen and oxygen atoms in total. The molecule has 0 aliphatic heterocycles. The summed E-state index contributed by atoms with van der Waals surface area (Å²) in [6, 6.07) is 12.9. The monoisotopic (exact) mass is 258 g/mol.